The molecule has 1 N–H and O–H groups in total. The van der Waals surface area contributed by atoms with Crippen LogP contribution < -0.4 is 4.74 Å². The summed E-state index contributed by atoms with van der Waals surface area (Å²) >= 11 is 0. The summed E-state index contributed by atoms with van der Waals surface area (Å²) in [4.78, 5) is 10.5. The predicted octanol–water partition coefficient (Wildman–Crippen LogP) is 2.34. The number of nitrogens with zero attached hydrogens (tertiary/aromatic N) is 2. The molecular formula is C10H7FN2O3. The van der Waals surface area contributed by atoms with Crippen LogP contribution in [0, 0.1) is 5.82 Å². The van der Waals surface area contributed by atoms with Crippen molar-refractivity contribution in [1.29, 1.82) is 0 Å². The number of para-hydroxylation sites is 1. The molecule has 6 heteroatoms. The highest BCUT2D eigenvalue weighted by Crippen LogP contribution is 2.23. The first-order valence-corrected chi connectivity index (χ1v) is 4.37. The Kier molecular flexibility index (Phi) is 2.55. The van der Waals surface area contributed by atoms with Crippen LogP contribution in [0.15, 0.2) is 36.7 Å². The third-order valence-corrected chi connectivity index (χ3v) is 1.82. The molecule has 0 saturated carbocycles. The van der Waals surface area contributed by atoms with Crippen molar-refractivity contribution in [1.82, 2.24) is 9.78 Å². The van der Waals surface area contributed by atoms with Gasteiger partial charge in [0.15, 0.2) is 17.3 Å². The van der Waals surface area contributed by atoms with Gasteiger partial charge in [-0.25, -0.2) is 9.18 Å². The second-order valence-electron chi connectivity index (χ2n) is 2.94. The number of halogens is 1. The molecule has 0 aliphatic rings. The zero-order valence-corrected chi connectivity index (χ0v) is 8.00. The number of rotatable bonds is 2. The average Bonchev–Trinajstić information content (AvgIpc) is 2.70. The molecule has 0 radical (unpaired) electrons. The lowest BCUT2D eigenvalue weighted by molar-refractivity contribution is 0.192. The summed E-state index contributed by atoms with van der Waals surface area (Å²) in [5.74, 6) is -0.342. The second kappa shape index (κ2) is 4.01. The zero-order valence-electron chi connectivity index (χ0n) is 8.00. The van der Waals surface area contributed by atoms with E-state index in [0.717, 1.165) is 6.20 Å². The molecule has 1 heterocycles. The molecular weight excluding hydrogens is 215 g/mol. The molecule has 5 nitrogen and oxygen atoms in total. The van der Waals surface area contributed by atoms with Crippen LogP contribution in [0.5, 0.6) is 11.5 Å². The van der Waals surface area contributed by atoms with Gasteiger partial charge in [-0.1, -0.05) is 12.1 Å². The van der Waals surface area contributed by atoms with E-state index in [-0.39, 0.29) is 11.5 Å². The lowest BCUT2D eigenvalue weighted by Crippen LogP contribution is -2.07. The number of ether oxygens (including phenoxy) is 1. The van der Waals surface area contributed by atoms with Crippen LogP contribution in [0.1, 0.15) is 0 Å². The summed E-state index contributed by atoms with van der Waals surface area (Å²) in [5.41, 5.74) is 0. The minimum absolute atomic E-state index is 0.0208. The highest BCUT2D eigenvalue weighted by molar-refractivity contribution is 5.66. The van der Waals surface area contributed by atoms with Gasteiger partial charge < -0.3 is 9.84 Å². The van der Waals surface area contributed by atoms with Crippen molar-refractivity contribution in [3.05, 3.63) is 42.5 Å². The molecule has 0 fully saturated rings. The van der Waals surface area contributed by atoms with Gasteiger partial charge in [0, 0.05) is 0 Å². The fraction of sp³-hybridized carbons (Fsp3) is 0. The van der Waals surface area contributed by atoms with Crippen LogP contribution in [-0.4, -0.2) is 21.0 Å². The molecule has 0 bridgehead atoms. The van der Waals surface area contributed by atoms with Crippen LogP contribution in [-0.2, 0) is 0 Å². The monoisotopic (exact) mass is 222 g/mol. The Morgan fingerprint density at radius 2 is 2.19 bits per heavy atom. The predicted molar refractivity (Wildman–Crippen MR) is 52.1 cm³/mol. The first kappa shape index (κ1) is 10.2. The Hall–Kier alpha value is -2.37. The van der Waals surface area contributed by atoms with Gasteiger partial charge >= 0.3 is 6.09 Å². The topological polar surface area (TPSA) is 64.3 Å². The molecule has 2 rings (SSSR count). The molecule has 0 aliphatic heterocycles. The lowest BCUT2D eigenvalue weighted by Gasteiger charge is -2.02. The second-order valence-corrected chi connectivity index (χ2v) is 2.94. The van der Waals surface area contributed by atoms with E-state index >= 15 is 0 Å². The molecule has 0 unspecified atom stereocenters. The van der Waals surface area contributed by atoms with E-state index in [0.29, 0.717) is 4.68 Å². The smallest absolute Gasteiger partial charge is 0.432 e. The third kappa shape index (κ3) is 2.00. The van der Waals surface area contributed by atoms with Crippen molar-refractivity contribution in [2.75, 3.05) is 0 Å². The van der Waals surface area contributed by atoms with Crippen molar-refractivity contribution < 1.29 is 19.0 Å². The number of hydrogen-bond donors (Lipinski definition) is 1. The molecule has 0 amide bonds. The van der Waals surface area contributed by atoms with Gasteiger partial charge in [0.1, 0.15) is 0 Å². The minimum atomic E-state index is -1.23. The van der Waals surface area contributed by atoms with E-state index in [1.165, 1.54) is 24.4 Å². The van der Waals surface area contributed by atoms with Crippen LogP contribution in [0.25, 0.3) is 0 Å². The minimum Gasteiger partial charge on any atom is -0.463 e. The van der Waals surface area contributed by atoms with Gasteiger partial charge in [-0.05, 0) is 12.1 Å². The van der Waals surface area contributed by atoms with Crippen LogP contribution in [0.3, 0.4) is 0 Å². The molecule has 16 heavy (non-hydrogen) atoms. The number of aromatic nitrogens is 2. The number of carbonyl (C=O) groups is 1. The van der Waals surface area contributed by atoms with Gasteiger partial charge in [0.05, 0.1) is 12.4 Å². The summed E-state index contributed by atoms with van der Waals surface area (Å²) in [6, 6.07) is 5.83. The molecule has 2 aromatic rings. The first-order valence-electron chi connectivity index (χ1n) is 4.37. The highest BCUT2D eigenvalue weighted by Gasteiger charge is 2.08. The van der Waals surface area contributed by atoms with Gasteiger partial charge in [-0.15, -0.1) is 0 Å². The van der Waals surface area contributed by atoms with Crippen molar-refractivity contribution in [3.63, 3.8) is 0 Å². The van der Waals surface area contributed by atoms with Gasteiger partial charge in [0.25, 0.3) is 0 Å². The fourth-order valence-corrected chi connectivity index (χ4v) is 1.12. The molecule has 0 atom stereocenters. The van der Waals surface area contributed by atoms with Crippen LogP contribution in [0.4, 0.5) is 9.18 Å². The van der Waals surface area contributed by atoms with Crippen molar-refractivity contribution in [2.24, 2.45) is 0 Å². The molecule has 1 aromatic carbocycles. The number of hydrogen-bond acceptors (Lipinski definition) is 3. The molecule has 0 aliphatic carbocycles. The molecule has 82 valence electrons. The largest absolute Gasteiger partial charge is 0.463 e. The van der Waals surface area contributed by atoms with Gasteiger partial charge in [0.2, 0.25) is 0 Å². The Morgan fingerprint density at radius 3 is 2.81 bits per heavy atom. The van der Waals surface area contributed by atoms with Crippen molar-refractivity contribution in [3.8, 4) is 11.5 Å². The SMILES string of the molecule is O=C(O)n1cc(Oc2ccccc2F)cn1. The Bertz CT molecular complexity index is 524. The third-order valence-electron chi connectivity index (χ3n) is 1.82. The standard InChI is InChI=1S/C10H7FN2O3/c11-8-3-1-2-4-9(8)16-7-5-12-13(6-7)10(14)15/h1-6H,(H,14,15). The van der Waals surface area contributed by atoms with E-state index < -0.39 is 11.9 Å². The van der Waals surface area contributed by atoms with Gasteiger partial charge in [-0.2, -0.15) is 9.78 Å². The number of benzene rings is 1. The van der Waals surface area contributed by atoms with E-state index in [1.54, 1.807) is 6.07 Å². The lowest BCUT2D eigenvalue weighted by atomic mass is 10.3. The van der Waals surface area contributed by atoms with Crippen molar-refractivity contribution >= 4 is 6.09 Å². The Labute approximate surface area is 89.7 Å². The molecule has 0 spiro atoms. The van der Waals surface area contributed by atoms with E-state index in [9.17, 15) is 9.18 Å². The average molecular weight is 222 g/mol. The summed E-state index contributed by atoms with van der Waals surface area (Å²) in [6.07, 6.45) is 1.11. The first-order chi connectivity index (χ1) is 7.66. The maximum Gasteiger partial charge on any atom is 0.432 e. The van der Waals surface area contributed by atoms with E-state index in [2.05, 4.69) is 5.10 Å². The summed E-state index contributed by atoms with van der Waals surface area (Å²) in [6.45, 7) is 0. The summed E-state index contributed by atoms with van der Waals surface area (Å²) in [7, 11) is 0. The quantitative estimate of drug-likeness (QED) is 0.846. The molecule has 0 saturated heterocycles. The van der Waals surface area contributed by atoms with Crippen LogP contribution >= 0.6 is 0 Å². The van der Waals surface area contributed by atoms with E-state index in [1.807, 2.05) is 0 Å². The fourth-order valence-electron chi connectivity index (χ4n) is 1.12. The Morgan fingerprint density at radius 1 is 1.44 bits per heavy atom. The normalized spacial score (nSPS) is 10.1. The number of carboxylic acid groups (broad SMARTS) is 1. The van der Waals surface area contributed by atoms with E-state index in [4.69, 9.17) is 9.84 Å². The Balaban J connectivity index is 2.21. The van der Waals surface area contributed by atoms with Crippen molar-refractivity contribution in [2.45, 2.75) is 0 Å². The summed E-state index contributed by atoms with van der Waals surface area (Å²) in [5, 5.41) is 12.1. The maximum absolute atomic E-state index is 13.2. The van der Waals surface area contributed by atoms with Crippen LogP contribution in [0.2, 0.25) is 0 Å². The summed E-state index contributed by atoms with van der Waals surface area (Å²) < 4.78 is 19.0. The molecule has 1 aromatic heterocycles. The zero-order chi connectivity index (χ0) is 11.5. The van der Waals surface area contributed by atoms with Gasteiger partial charge in [-0.3, -0.25) is 0 Å². The maximum atomic E-state index is 13.2. The highest BCUT2D eigenvalue weighted by atomic mass is 19.1.